The highest BCUT2D eigenvalue weighted by Gasteiger charge is 2.26. The number of carbonyl (C=O) groups excluding carboxylic acids is 2. The molecule has 0 amide bonds. The van der Waals surface area contributed by atoms with Gasteiger partial charge in [-0.05, 0) is 5.41 Å². The van der Waals surface area contributed by atoms with E-state index < -0.39 is 0 Å². The third kappa shape index (κ3) is 5.00. The van der Waals surface area contributed by atoms with Crippen molar-refractivity contribution in [2.45, 2.75) is 40.5 Å². The molecule has 0 N–H and O–H groups in total. The van der Waals surface area contributed by atoms with Crippen LogP contribution >= 0.6 is 0 Å². The molecule has 0 aliphatic rings. The Morgan fingerprint density at radius 3 is 2.07 bits per heavy atom. The van der Waals surface area contributed by atoms with Crippen LogP contribution in [0.15, 0.2) is 0 Å². The first-order valence-electron chi connectivity index (χ1n) is 4.88. The molecule has 0 aromatic rings. The highest BCUT2D eigenvalue weighted by Crippen LogP contribution is 2.27. The van der Waals surface area contributed by atoms with Gasteiger partial charge in [-0.2, -0.15) is 0 Å². The second-order valence-corrected chi connectivity index (χ2v) is 4.71. The topological polar surface area (TPSA) is 43.4 Å². The summed E-state index contributed by atoms with van der Waals surface area (Å²) in [5.74, 6) is -0.0302. The average molecular weight is 200 g/mol. The third-order valence-corrected chi connectivity index (χ3v) is 2.15. The van der Waals surface area contributed by atoms with Gasteiger partial charge in [-0.15, -0.1) is 0 Å². The molecule has 3 heteroatoms. The van der Waals surface area contributed by atoms with E-state index in [0.29, 0.717) is 12.8 Å². The monoisotopic (exact) mass is 200 g/mol. The molecule has 0 unspecified atom stereocenters. The lowest BCUT2D eigenvalue weighted by Gasteiger charge is -2.23. The fourth-order valence-electron chi connectivity index (χ4n) is 1.20. The molecular formula is C11H20O3. The van der Waals surface area contributed by atoms with Crippen molar-refractivity contribution in [2.75, 3.05) is 7.11 Å². The number of esters is 1. The maximum atomic E-state index is 11.5. The van der Waals surface area contributed by atoms with Gasteiger partial charge in [0.15, 0.2) is 0 Å². The van der Waals surface area contributed by atoms with E-state index >= 15 is 0 Å². The van der Waals surface area contributed by atoms with E-state index in [1.54, 1.807) is 0 Å². The molecule has 14 heavy (non-hydrogen) atoms. The SMILES string of the molecule is COC(=O)CC(C)(C)CC(=O)C(C)C. The summed E-state index contributed by atoms with van der Waals surface area (Å²) in [5, 5.41) is 0. The molecule has 0 saturated heterocycles. The maximum absolute atomic E-state index is 11.5. The molecule has 0 aliphatic carbocycles. The number of hydrogen-bond donors (Lipinski definition) is 0. The predicted molar refractivity (Wildman–Crippen MR) is 54.9 cm³/mol. The van der Waals surface area contributed by atoms with Gasteiger partial charge in [-0.3, -0.25) is 9.59 Å². The van der Waals surface area contributed by atoms with Gasteiger partial charge in [0.05, 0.1) is 13.5 Å². The molecule has 0 atom stereocenters. The Labute approximate surface area is 85.8 Å². The van der Waals surface area contributed by atoms with Crippen molar-refractivity contribution in [1.82, 2.24) is 0 Å². The summed E-state index contributed by atoms with van der Waals surface area (Å²) in [4.78, 5) is 22.5. The smallest absolute Gasteiger partial charge is 0.306 e. The van der Waals surface area contributed by atoms with Gasteiger partial charge in [0, 0.05) is 12.3 Å². The van der Waals surface area contributed by atoms with Crippen molar-refractivity contribution in [2.24, 2.45) is 11.3 Å². The van der Waals surface area contributed by atoms with Crippen LogP contribution in [0.2, 0.25) is 0 Å². The highest BCUT2D eigenvalue weighted by atomic mass is 16.5. The van der Waals surface area contributed by atoms with Gasteiger partial charge in [-0.1, -0.05) is 27.7 Å². The van der Waals surface area contributed by atoms with Crippen LogP contribution in [0.4, 0.5) is 0 Å². The summed E-state index contributed by atoms with van der Waals surface area (Å²) in [6.07, 6.45) is 0.724. The van der Waals surface area contributed by atoms with Gasteiger partial charge in [0.2, 0.25) is 0 Å². The Kier molecular flexibility index (Phi) is 4.81. The summed E-state index contributed by atoms with van der Waals surface area (Å²) >= 11 is 0. The Morgan fingerprint density at radius 2 is 1.71 bits per heavy atom. The van der Waals surface area contributed by atoms with Crippen LogP contribution in [0.25, 0.3) is 0 Å². The lowest BCUT2D eigenvalue weighted by atomic mass is 9.82. The zero-order valence-corrected chi connectivity index (χ0v) is 9.72. The number of ketones is 1. The molecule has 0 rings (SSSR count). The number of methoxy groups -OCH3 is 1. The van der Waals surface area contributed by atoms with Crippen LogP contribution in [0.1, 0.15) is 40.5 Å². The van der Waals surface area contributed by atoms with Crippen molar-refractivity contribution in [3.8, 4) is 0 Å². The summed E-state index contributed by atoms with van der Waals surface area (Å²) in [6, 6.07) is 0. The molecule has 0 saturated carbocycles. The van der Waals surface area contributed by atoms with Gasteiger partial charge < -0.3 is 4.74 Å². The second-order valence-electron chi connectivity index (χ2n) is 4.71. The molecule has 0 radical (unpaired) electrons. The highest BCUT2D eigenvalue weighted by molar-refractivity contribution is 5.81. The molecule has 82 valence electrons. The Hall–Kier alpha value is -0.860. The van der Waals surface area contributed by atoms with E-state index in [-0.39, 0.29) is 23.1 Å². The van der Waals surface area contributed by atoms with Crippen molar-refractivity contribution in [3.05, 3.63) is 0 Å². The average Bonchev–Trinajstić information content (AvgIpc) is 2.02. The van der Waals surface area contributed by atoms with E-state index in [1.807, 2.05) is 27.7 Å². The van der Waals surface area contributed by atoms with Crippen LogP contribution in [0, 0.1) is 11.3 Å². The largest absolute Gasteiger partial charge is 0.469 e. The quantitative estimate of drug-likeness (QED) is 0.639. The molecular weight excluding hydrogens is 180 g/mol. The van der Waals surface area contributed by atoms with E-state index in [1.165, 1.54) is 7.11 Å². The minimum absolute atomic E-state index is 0.0342. The Bertz CT molecular complexity index is 217. The molecule has 0 aromatic carbocycles. The number of ether oxygens (including phenoxy) is 1. The zero-order chi connectivity index (χ0) is 11.4. The first kappa shape index (κ1) is 13.1. The Morgan fingerprint density at radius 1 is 1.21 bits per heavy atom. The summed E-state index contributed by atoms with van der Waals surface area (Å²) in [6.45, 7) is 7.56. The molecule has 0 aliphatic heterocycles. The number of rotatable bonds is 5. The predicted octanol–water partition coefficient (Wildman–Crippen LogP) is 2.19. The van der Waals surface area contributed by atoms with E-state index in [2.05, 4.69) is 4.74 Å². The fraction of sp³-hybridized carbons (Fsp3) is 0.818. The van der Waals surface area contributed by atoms with Crippen molar-refractivity contribution in [3.63, 3.8) is 0 Å². The first-order chi connectivity index (χ1) is 6.28. The van der Waals surface area contributed by atoms with E-state index in [4.69, 9.17) is 0 Å². The molecule has 3 nitrogen and oxygen atoms in total. The summed E-state index contributed by atoms with van der Waals surface area (Å²) < 4.78 is 4.58. The lowest BCUT2D eigenvalue weighted by molar-refractivity contribution is -0.143. The molecule has 0 spiro atoms. The summed E-state index contributed by atoms with van der Waals surface area (Å²) in [7, 11) is 1.36. The standard InChI is InChI=1S/C11H20O3/c1-8(2)9(12)6-11(3,4)7-10(13)14-5/h8H,6-7H2,1-5H3. The Balaban J connectivity index is 4.20. The summed E-state index contributed by atoms with van der Waals surface area (Å²) in [5.41, 5.74) is -0.297. The molecule has 0 fully saturated rings. The van der Waals surface area contributed by atoms with E-state index in [0.717, 1.165) is 0 Å². The first-order valence-corrected chi connectivity index (χ1v) is 4.88. The minimum Gasteiger partial charge on any atom is -0.469 e. The minimum atomic E-state index is -0.297. The van der Waals surface area contributed by atoms with Crippen molar-refractivity contribution < 1.29 is 14.3 Å². The van der Waals surface area contributed by atoms with E-state index in [9.17, 15) is 9.59 Å². The number of Topliss-reactive ketones (excluding diaryl/α,β-unsaturated/α-hetero) is 1. The number of carbonyl (C=O) groups is 2. The van der Waals surface area contributed by atoms with Crippen molar-refractivity contribution in [1.29, 1.82) is 0 Å². The zero-order valence-electron chi connectivity index (χ0n) is 9.72. The molecule has 0 bridgehead atoms. The third-order valence-electron chi connectivity index (χ3n) is 2.15. The van der Waals surface area contributed by atoms with Crippen LogP contribution in [-0.2, 0) is 14.3 Å². The van der Waals surface area contributed by atoms with Gasteiger partial charge in [0.1, 0.15) is 5.78 Å². The maximum Gasteiger partial charge on any atom is 0.306 e. The van der Waals surface area contributed by atoms with Crippen LogP contribution in [0.3, 0.4) is 0 Å². The normalized spacial score (nSPS) is 11.6. The molecule has 0 aromatic heterocycles. The van der Waals surface area contributed by atoms with Crippen molar-refractivity contribution >= 4 is 11.8 Å². The second kappa shape index (κ2) is 5.13. The number of hydrogen-bond acceptors (Lipinski definition) is 3. The van der Waals surface area contributed by atoms with Gasteiger partial charge in [-0.25, -0.2) is 0 Å². The van der Waals surface area contributed by atoms with Gasteiger partial charge >= 0.3 is 5.97 Å². The van der Waals surface area contributed by atoms with Crippen LogP contribution in [-0.4, -0.2) is 18.9 Å². The fourth-order valence-corrected chi connectivity index (χ4v) is 1.20. The van der Waals surface area contributed by atoms with Crippen LogP contribution < -0.4 is 0 Å². The lowest BCUT2D eigenvalue weighted by Crippen LogP contribution is -2.23. The van der Waals surface area contributed by atoms with Gasteiger partial charge in [0.25, 0.3) is 0 Å². The molecule has 0 heterocycles. The van der Waals surface area contributed by atoms with Crippen LogP contribution in [0.5, 0.6) is 0 Å².